The lowest BCUT2D eigenvalue weighted by atomic mass is 9.91. The van der Waals surface area contributed by atoms with Gasteiger partial charge < -0.3 is 9.52 Å². The van der Waals surface area contributed by atoms with Gasteiger partial charge in [0.2, 0.25) is 5.89 Å². The van der Waals surface area contributed by atoms with Crippen LogP contribution in [0.5, 0.6) is 0 Å². The number of likely N-dealkylation sites (tertiary alicyclic amines) is 1. The van der Waals surface area contributed by atoms with E-state index in [1.54, 1.807) is 0 Å². The van der Waals surface area contributed by atoms with Crippen LogP contribution in [0.4, 0.5) is 0 Å². The maximum atomic E-state index is 9.66. The van der Waals surface area contributed by atoms with Crippen LogP contribution in [0.3, 0.4) is 0 Å². The summed E-state index contributed by atoms with van der Waals surface area (Å²) in [5.41, 5.74) is 0.00425. The summed E-state index contributed by atoms with van der Waals surface area (Å²) >= 11 is 0. The molecule has 1 aliphatic heterocycles. The van der Waals surface area contributed by atoms with Gasteiger partial charge in [0.25, 0.3) is 0 Å². The molecule has 0 saturated carbocycles. The summed E-state index contributed by atoms with van der Waals surface area (Å²) in [5.74, 6) is 2.19. The minimum Gasteiger partial charge on any atom is -0.443 e. The molecule has 1 aliphatic rings. The first-order valence-electron chi connectivity index (χ1n) is 7.67. The summed E-state index contributed by atoms with van der Waals surface area (Å²) < 4.78 is 5.94. The smallest absolute Gasteiger partial charge is 0.211 e. The van der Waals surface area contributed by atoms with Gasteiger partial charge in [-0.25, -0.2) is 4.98 Å². The van der Waals surface area contributed by atoms with Crippen molar-refractivity contribution in [2.45, 2.75) is 65.0 Å². The molecule has 0 bridgehead atoms. The van der Waals surface area contributed by atoms with Crippen molar-refractivity contribution in [1.29, 1.82) is 0 Å². The number of oxazole rings is 1. The molecule has 1 fully saturated rings. The lowest BCUT2D eigenvalue weighted by molar-refractivity contribution is 0.0532. The van der Waals surface area contributed by atoms with Crippen molar-refractivity contribution in [2.24, 2.45) is 5.92 Å². The maximum absolute atomic E-state index is 9.66. The summed E-state index contributed by atoms with van der Waals surface area (Å²) in [4.78, 5) is 6.85. The summed E-state index contributed by atoms with van der Waals surface area (Å²) in [7, 11) is 0. The first kappa shape index (κ1) is 15.5. The molecular weight excluding hydrogens is 252 g/mol. The van der Waals surface area contributed by atoms with Gasteiger partial charge in [0.05, 0.1) is 18.3 Å². The SMILES string of the molecule is CC(O)C1CCN(C(C)c2ncc(C(C)(C)C)o2)CC1. The van der Waals surface area contributed by atoms with Crippen LogP contribution in [0.25, 0.3) is 0 Å². The van der Waals surface area contributed by atoms with E-state index >= 15 is 0 Å². The molecule has 1 aromatic rings. The fraction of sp³-hybridized carbons (Fsp3) is 0.812. The molecule has 0 aliphatic carbocycles. The lowest BCUT2D eigenvalue weighted by Crippen LogP contribution is -2.38. The van der Waals surface area contributed by atoms with E-state index in [0.717, 1.165) is 37.6 Å². The van der Waals surface area contributed by atoms with E-state index < -0.39 is 0 Å². The van der Waals surface area contributed by atoms with Crippen molar-refractivity contribution < 1.29 is 9.52 Å². The first-order chi connectivity index (χ1) is 9.29. The molecule has 2 atom stereocenters. The minimum atomic E-state index is -0.193. The summed E-state index contributed by atoms with van der Waals surface area (Å²) in [6.45, 7) is 12.5. The highest BCUT2D eigenvalue weighted by Gasteiger charge is 2.29. The molecule has 114 valence electrons. The van der Waals surface area contributed by atoms with E-state index in [-0.39, 0.29) is 17.6 Å². The average Bonchev–Trinajstić information content (AvgIpc) is 2.87. The normalized spacial score (nSPS) is 21.9. The zero-order valence-corrected chi connectivity index (χ0v) is 13.4. The van der Waals surface area contributed by atoms with Crippen molar-refractivity contribution >= 4 is 0 Å². The Bertz CT molecular complexity index is 426. The Hall–Kier alpha value is -0.870. The van der Waals surface area contributed by atoms with Gasteiger partial charge in [-0.1, -0.05) is 20.8 Å². The van der Waals surface area contributed by atoms with Gasteiger partial charge in [0, 0.05) is 5.41 Å². The molecule has 4 nitrogen and oxygen atoms in total. The van der Waals surface area contributed by atoms with Crippen molar-refractivity contribution in [3.8, 4) is 0 Å². The topological polar surface area (TPSA) is 49.5 Å². The zero-order chi connectivity index (χ0) is 14.9. The highest BCUT2D eigenvalue weighted by molar-refractivity contribution is 5.07. The molecule has 0 radical (unpaired) electrons. The van der Waals surface area contributed by atoms with Gasteiger partial charge in [0.1, 0.15) is 5.76 Å². The third kappa shape index (κ3) is 3.41. The largest absolute Gasteiger partial charge is 0.443 e. The molecule has 1 aromatic heterocycles. The Kier molecular flexibility index (Phi) is 4.55. The van der Waals surface area contributed by atoms with Crippen LogP contribution in [0, 0.1) is 5.92 Å². The highest BCUT2D eigenvalue weighted by atomic mass is 16.4. The predicted molar refractivity (Wildman–Crippen MR) is 79.6 cm³/mol. The van der Waals surface area contributed by atoms with E-state index in [4.69, 9.17) is 4.42 Å². The summed E-state index contributed by atoms with van der Waals surface area (Å²) in [6.07, 6.45) is 3.76. The Labute approximate surface area is 122 Å². The van der Waals surface area contributed by atoms with Gasteiger partial charge in [0.15, 0.2) is 0 Å². The van der Waals surface area contributed by atoms with Crippen LogP contribution < -0.4 is 0 Å². The number of hydrogen-bond donors (Lipinski definition) is 1. The monoisotopic (exact) mass is 280 g/mol. The molecule has 2 heterocycles. The fourth-order valence-electron chi connectivity index (χ4n) is 2.77. The number of nitrogens with zero attached hydrogens (tertiary/aromatic N) is 2. The third-order valence-corrected chi connectivity index (χ3v) is 4.42. The van der Waals surface area contributed by atoms with Crippen molar-refractivity contribution in [1.82, 2.24) is 9.88 Å². The number of aliphatic hydroxyl groups is 1. The number of aromatic nitrogens is 1. The van der Waals surface area contributed by atoms with Gasteiger partial charge in [-0.3, -0.25) is 4.90 Å². The molecule has 1 N–H and O–H groups in total. The van der Waals surface area contributed by atoms with Crippen molar-refractivity contribution in [2.75, 3.05) is 13.1 Å². The van der Waals surface area contributed by atoms with Crippen LogP contribution in [0.1, 0.15) is 65.2 Å². The minimum absolute atomic E-state index is 0.00425. The van der Waals surface area contributed by atoms with E-state index in [0.29, 0.717) is 5.92 Å². The first-order valence-corrected chi connectivity index (χ1v) is 7.67. The van der Waals surface area contributed by atoms with Crippen LogP contribution in [-0.2, 0) is 5.41 Å². The van der Waals surface area contributed by atoms with E-state index in [2.05, 4.69) is 37.6 Å². The van der Waals surface area contributed by atoms with Crippen molar-refractivity contribution in [3.05, 3.63) is 17.8 Å². The molecule has 2 unspecified atom stereocenters. The third-order valence-electron chi connectivity index (χ3n) is 4.42. The molecule has 0 aromatic carbocycles. The number of piperidine rings is 1. The van der Waals surface area contributed by atoms with Gasteiger partial charge in [-0.2, -0.15) is 0 Å². The fourth-order valence-corrected chi connectivity index (χ4v) is 2.77. The Morgan fingerprint density at radius 2 is 1.90 bits per heavy atom. The molecule has 1 saturated heterocycles. The van der Waals surface area contributed by atoms with Gasteiger partial charge in [-0.05, 0) is 45.7 Å². The van der Waals surface area contributed by atoms with Crippen molar-refractivity contribution in [3.63, 3.8) is 0 Å². The Morgan fingerprint density at radius 3 is 2.35 bits per heavy atom. The van der Waals surface area contributed by atoms with Crippen LogP contribution >= 0.6 is 0 Å². The lowest BCUT2D eigenvalue weighted by Gasteiger charge is -2.35. The van der Waals surface area contributed by atoms with Crippen LogP contribution in [0.2, 0.25) is 0 Å². The quantitative estimate of drug-likeness (QED) is 0.924. The molecular formula is C16H28N2O2. The molecule has 0 amide bonds. The number of hydrogen-bond acceptors (Lipinski definition) is 4. The van der Waals surface area contributed by atoms with Crippen LogP contribution in [0.15, 0.2) is 10.6 Å². The second kappa shape index (κ2) is 5.86. The standard InChI is InChI=1S/C16H28N2O2/c1-11(15-17-10-14(20-15)16(3,4)5)18-8-6-13(7-9-18)12(2)19/h10-13,19H,6-9H2,1-5H3. The predicted octanol–water partition coefficient (Wildman–Crippen LogP) is 3.13. The number of aliphatic hydroxyl groups excluding tert-OH is 1. The van der Waals surface area contributed by atoms with Gasteiger partial charge in [-0.15, -0.1) is 0 Å². The highest BCUT2D eigenvalue weighted by Crippen LogP contribution is 2.30. The summed E-state index contributed by atoms with van der Waals surface area (Å²) in [6, 6.07) is 0.209. The van der Waals surface area contributed by atoms with E-state index in [1.165, 1.54) is 0 Å². The maximum Gasteiger partial charge on any atom is 0.211 e. The van der Waals surface area contributed by atoms with E-state index in [9.17, 15) is 5.11 Å². The molecule has 0 spiro atoms. The van der Waals surface area contributed by atoms with E-state index in [1.807, 2.05) is 13.1 Å². The molecule has 20 heavy (non-hydrogen) atoms. The Balaban J connectivity index is 1.98. The average molecular weight is 280 g/mol. The molecule has 2 rings (SSSR count). The second-order valence-electron chi connectivity index (χ2n) is 7.10. The zero-order valence-electron chi connectivity index (χ0n) is 13.4. The molecule has 4 heteroatoms. The number of rotatable bonds is 3. The van der Waals surface area contributed by atoms with Gasteiger partial charge >= 0.3 is 0 Å². The second-order valence-corrected chi connectivity index (χ2v) is 7.10. The Morgan fingerprint density at radius 1 is 1.30 bits per heavy atom. The summed E-state index contributed by atoms with van der Waals surface area (Å²) in [5, 5.41) is 9.66. The van der Waals surface area contributed by atoms with Crippen LogP contribution in [-0.4, -0.2) is 34.2 Å².